The van der Waals surface area contributed by atoms with Gasteiger partial charge in [0, 0.05) is 46.4 Å². The van der Waals surface area contributed by atoms with Crippen molar-refractivity contribution in [3.63, 3.8) is 0 Å². The number of aldehydes is 1. The summed E-state index contributed by atoms with van der Waals surface area (Å²) in [6.07, 6.45) is 8.32. The van der Waals surface area contributed by atoms with E-state index in [1.54, 1.807) is 9.80 Å². The van der Waals surface area contributed by atoms with Gasteiger partial charge in [-0.15, -0.1) is 0 Å². The number of hydrogen-bond acceptors (Lipinski definition) is 8. The van der Waals surface area contributed by atoms with Gasteiger partial charge in [-0.25, -0.2) is 9.59 Å². The van der Waals surface area contributed by atoms with Crippen LogP contribution in [-0.4, -0.2) is 110 Å². The molecule has 0 atom stereocenters. The van der Waals surface area contributed by atoms with E-state index in [-0.39, 0.29) is 82.6 Å². The molecule has 46 heavy (non-hydrogen) atoms. The van der Waals surface area contributed by atoms with E-state index >= 15 is 0 Å². The van der Waals surface area contributed by atoms with E-state index in [0.717, 1.165) is 51.4 Å². The summed E-state index contributed by atoms with van der Waals surface area (Å²) in [4.78, 5) is 37.6. The summed E-state index contributed by atoms with van der Waals surface area (Å²) in [5, 5.41) is 8.65. The Morgan fingerprint density at radius 1 is 0.739 bits per heavy atom. The second-order valence-corrected chi connectivity index (χ2v) is 14.1. The van der Waals surface area contributed by atoms with Gasteiger partial charge in [-0.3, -0.25) is 4.79 Å². The van der Waals surface area contributed by atoms with Crippen molar-refractivity contribution >= 4 is 26.9 Å². The van der Waals surface area contributed by atoms with Crippen molar-refractivity contribution in [3.8, 4) is 23.7 Å². The van der Waals surface area contributed by atoms with Crippen LogP contribution in [0.1, 0.15) is 94.3 Å². The number of rotatable bonds is 4. The third-order valence-corrected chi connectivity index (χ3v) is 7.88. The van der Waals surface area contributed by atoms with Crippen molar-refractivity contribution in [2.45, 2.75) is 129 Å². The fraction of sp³-hybridized carbons (Fsp3) is 0.794. The standard InChI is InChI=1S/C17H27NO4.C17H25NO4.B.Na.H/c2*1-17(2,3)22-16(20)18-8-6-14(7-9-18)21-15-11-13(12-15)5-4-10-19;;;/h13-15,19H,6-12H2,1-3H3;10,13-15H,6-9,11-12H2,1-3H3;;;/q;;;+1;-1. The zero-order valence-electron chi connectivity index (χ0n) is 30.0. The zero-order chi connectivity index (χ0) is 32.3. The van der Waals surface area contributed by atoms with E-state index in [1.165, 1.54) is 0 Å². The molecule has 10 nitrogen and oxygen atoms in total. The topological polar surface area (TPSA) is 115 Å². The second kappa shape index (κ2) is 19.9. The number of aliphatic hydroxyl groups excluding tert-OH is 1. The van der Waals surface area contributed by atoms with Crippen LogP contribution in [0.15, 0.2) is 0 Å². The molecular formula is C34H53BN2NaO8. The van der Waals surface area contributed by atoms with Gasteiger partial charge in [0.2, 0.25) is 0 Å². The molecule has 2 saturated carbocycles. The van der Waals surface area contributed by atoms with Gasteiger partial charge in [0.1, 0.15) is 17.8 Å². The first-order valence-corrected chi connectivity index (χ1v) is 16.1. The number of amides is 2. The van der Waals surface area contributed by atoms with Crippen molar-refractivity contribution < 1.29 is 69.4 Å². The number of nitrogens with zero attached hydrogens (tertiary/aromatic N) is 2. The summed E-state index contributed by atoms with van der Waals surface area (Å²) >= 11 is 0. The molecule has 0 bridgehead atoms. The molecule has 0 aromatic rings. The molecule has 2 aliphatic heterocycles. The molecule has 2 amide bonds. The quantitative estimate of drug-likeness (QED) is 0.275. The molecule has 0 aromatic heterocycles. The number of aliphatic hydroxyl groups is 1. The molecule has 3 radical (unpaired) electrons. The van der Waals surface area contributed by atoms with Crippen molar-refractivity contribution in [1.82, 2.24) is 9.80 Å². The Bertz CT molecular complexity index is 1080. The van der Waals surface area contributed by atoms with Crippen LogP contribution in [0.3, 0.4) is 0 Å². The van der Waals surface area contributed by atoms with Gasteiger partial charge in [0.05, 0.1) is 24.4 Å². The van der Waals surface area contributed by atoms with Crippen molar-refractivity contribution in [2.75, 3.05) is 32.8 Å². The Morgan fingerprint density at radius 3 is 1.43 bits per heavy atom. The Labute approximate surface area is 301 Å². The predicted octanol–water partition coefficient (Wildman–Crippen LogP) is 1.30. The van der Waals surface area contributed by atoms with Crippen molar-refractivity contribution in [2.24, 2.45) is 11.8 Å². The van der Waals surface area contributed by atoms with Crippen LogP contribution >= 0.6 is 0 Å². The largest absolute Gasteiger partial charge is 1.00 e. The molecule has 0 spiro atoms. The minimum Gasteiger partial charge on any atom is -1.00 e. The Kier molecular flexibility index (Phi) is 18.3. The van der Waals surface area contributed by atoms with Crippen LogP contribution in [-0.2, 0) is 23.7 Å². The van der Waals surface area contributed by atoms with Gasteiger partial charge < -0.3 is 35.3 Å². The third kappa shape index (κ3) is 15.5. The number of ether oxygens (including phenoxy) is 4. The van der Waals surface area contributed by atoms with Crippen LogP contribution < -0.4 is 29.6 Å². The molecule has 4 aliphatic rings. The number of piperidine rings is 2. The van der Waals surface area contributed by atoms with Crippen molar-refractivity contribution in [1.29, 1.82) is 0 Å². The average molecular weight is 652 g/mol. The Balaban J connectivity index is 0.000000846. The third-order valence-electron chi connectivity index (χ3n) is 7.88. The maximum Gasteiger partial charge on any atom is 1.00 e. The van der Waals surface area contributed by atoms with Gasteiger partial charge in [0.15, 0.2) is 6.29 Å². The van der Waals surface area contributed by atoms with Gasteiger partial charge >= 0.3 is 41.7 Å². The molecule has 4 fully saturated rings. The monoisotopic (exact) mass is 651 g/mol. The number of carbonyl (C=O) groups excluding carboxylic acids is 3. The van der Waals surface area contributed by atoms with Gasteiger partial charge in [0.25, 0.3) is 0 Å². The maximum absolute atomic E-state index is 12.0. The summed E-state index contributed by atoms with van der Waals surface area (Å²) in [5.74, 6) is 11.8. The normalized spacial score (nSPS) is 24.7. The van der Waals surface area contributed by atoms with Gasteiger partial charge in [-0.2, -0.15) is 0 Å². The molecule has 2 heterocycles. The van der Waals surface area contributed by atoms with E-state index in [0.29, 0.717) is 44.3 Å². The SMILES string of the molecule is CC(C)(C)OC(=O)N1CCC(OC2CC(C#CC=O)C2)CC1.CC(C)(C)OC(=O)N1CCC(OC2CC(C#CCO)C2)CC1.[B].[H-].[Na+]. The van der Waals surface area contributed by atoms with Crippen LogP contribution in [0.5, 0.6) is 0 Å². The zero-order valence-corrected chi connectivity index (χ0v) is 31.0. The Hall–Kier alpha value is -1.73. The van der Waals surface area contributed by atoms with Crippen LogP contribution in [0.2, 0.25) is 0 Å². The molecule has 0 aromatic carbocycles. The summed E-state index contributed by atoms with van der Waals surface area (Å²) in [6, 6.07) is 0. The van der Waals surface area contributed by atoms with E-state index in [2.05, 4.69) is 23.7 Å². The minimum atomic E-state index is -0.450. The average Bonchev–Trinajstić information content (AvgIpc) is 2.90. The number of likely N-dealkylation sites (tertiary alicyclic amines) is 2. The molecule has 1 N–H and O–H groups in total. The van der Waals surface area contributed by atoms with Crippen LogP contribution in [0.4, 0.5) is 9.59 Å². The first-order chi connectivity index (χ1) is 20.7. The minimum absolute atomic E-state index is 0. The number of hydrogen-bond donors (Lipinski definition) is 1. The summed E-state index contributed by atoms with van der Waals surface area (Å²) in [5.41, 5.74) is -0.894. The summed E-state index contributed by atoms with van der Waals surface area (Å²) in [6.45, 7) is 14.0. The fourth-order valence-corrected chi connectivity index (χ4v) is 5.48. The maximum atomic E-state index is 12.0. The smallest absolute Gasteiger partial charge is 1.00 e. The fourth-order valence-electron chi connectivity index (χ4n) is 5.48. The number of carbonyl (C=O) groups is 3. The van der Waals surface area contributed by atoms with Gasteiger partial charge in [-0.1, -0.05) is 17.8 Å². The predicted molar refractivity (Wildman–Crippen MR) is 172 cm³/mol. The second-order valence-electron chi connectivity index (χ2n) is 14.1. The summed E-state index contributed by atoms with van der Waals surface area (Å²) < 4.78 is 22.9. The molecule has 4 rings (SSSR count). The molecule has 2 saturated heterocycles. The van der Waals surface area contributed by atoms with Crippen LogP contribution in [0, 0.1) is 35.5 Å². The van der Waals surface area contributed by atoms with E-state index in [1.807, 2.05) is 41.5 Å². The molecule has 251 valence electrons. The van der Waals surface area contributed by atoms with Crippen LogP contribution in [0.25, 0.3) is 0 Å². The Morgan fingerprint density at radius 2 is 1.11 bits per heavy atom. The van der Waals surface area contributed by atoms with Crippen molar-refractivity contribution in [3.05, 3.63) is 0 Å². The molecule has 2 aliphatic carbocycles. The first kappa shape index (κ1) is 42.3. The first-order valence-electron chi connectivity index (χ1n) is 16.1. The molecule has 12 heteroatoms. The molecule has 0 unspecified atom stereocenters. The molecular weight excluding hydrogens is 598 g/mol. The van der Waals surface area contributed by atoms with E-state index in [9.17, 15) is 14.4 Å². The van der Waals surface area contributed by atoms with E-state index < -0.39 is 11.2 Å². The summed E-state index contributed by atoms with van der Waals surface area (Å²) in [7, 11) is 0. The van der Waals surface area contributed by atoms with E-state index in [4.69, 9.17) is 24.1 Å². The van der Waals surface area contributed by atoms with Gasteiger partial charge in [-0.05, 0) is 98.8 Å².